The average molecular weight is 162 g/mol. The number of rotatable bonds is 7. The normalized spacial score (nSPS) is 13.4. The molecule has 2 N–H and O–H groups in total. The van der Waals surface area contributed by atoms with Crippen LogP contribution in [0.1, 0.15) is 25.7 Å². The summed E-state index contributed by atoms with van der Waals surface area (Å²) in [6.07, 6.45) is 2.78. The molecule has 3 heteroatoms. The third-order valence-electron chi connectivity index (χ3n) is 1.58. The molecule has 0 bridgehead atoms. The standard InChI is InChI=1S/C8H18O3/c1-11-7-3-5-8(10)4-2-6-9/h8-10H,2-7H2,1H3. The average Bonchev–Trinajstić information content (AvgIpc) is 2.01. The van der Waals surface area contributed by atoms with E-state index < -0.39 is 0 Å². The fourth-order valence-corrected chi connectivity index (χ4v) is 0.935. The van der Waals surface area contributed by atoms with Crippen molar-refractivity contribution in [1.82, 2.24) is 0 Å². The molecule has 68 valence electrons. The Morgan fingerprint density at radius 1 is 1.27 bits per heavy atom. The quantitative estimate of drug-likeness (QED) is 0.537. The number of methoxy groups -OCH3 is 1. The van der Waals surface area contributed by atoms with Crippen LogP contribution in [0.4, 0.5) is 0 Å². The van der Waals surface area contributed by atoms with Crippen molar-refractivity contribution in [2.24, 2.45) is 0 Å². The number of hydrogen-bond acceptors (Lipinski definition) is 3. The molecule has 0 spiro atoms. The lowest BCUT2D eigenvalue weighted by Gasteiger charge is -2.08. The summed E-state index contributed by atoms with van der Waals surface area (Å²) in [4.78, 5) is 0. The topological polar surface area (TPSA) is 49.7 Å². The Morgan fingerprint density at radius 2 is 1.91 bits per heavy atom. The van der Waals surface area contributed by atoms with E-state index in [2.05, 4.69) is 0 Å². The molecule has 1 atom stereocenters. The van der Waals surface area contributed by atoms with E-state index in [0.717, 1.165) is 12.8 Å². The van der Waals surface area contributed by atoms with Crippen molar-refractivity contribution in [3.8, 4) is 0 Å². The van der Waals surface area contributed by atoms with E-state index in [4.69, 9.17) is 9.84 Å². The predicted molar refractivity (Wildman–Crippen MR) is 43.4 cm³/mol. The van der Waals surface area contributed by atoms with Crippen molar-refractivity contribution >= 4 is 0 Å². The van der Waals surface area contributed by atoms with Crippen molar-refractivity contribution in [3.63, 3.8) is 0 Å². The van der Waals surface area contributed by atoms with Crippen molar-refractivity contribution in [2.45, 2.75) is 31.8 Å². The summed E-state index contributed by atoms with van der Waals surface area (Å²) in [5.41, 5.74) is 0. The van der Waals surface area contributed by atoms with Gasteiger partial charge in [-0.3, -0.25) is 0 Å². The van der Waals surface area contributed by atoms with E-state index >= 15 is 0 Å². The van der Waals surface area contributed by atoms with Gasteiger partial charge in [-0.25, -0.2) is 0 Å². The third-order valence-corrected chi connectivity index (χ3v) is 1.58. The van der Waals surface area contributed by atoms with Gasteiger partial charge < -0.3 is 14.9 Å². The first kappa shape index (κ1) is 10.9. The Bertz CT molecular complexity index is 75.7. The van der Waals surface area contributed by atoms with Gasteiger partial charge in [-0.15, -0.1) is 0 Å². The number of hydrogen-bond donors (Lipinski definition) is 2. The fourth-order valence-electron chi connectivity index (χ4n) is 0.935. The number of aliphatic hydroxyl groups is 2. The van der Waals surface area contributed by atoms with E-state index in [-0.39, 0.29) is 12.7 Å². The van der Waals surface area contributed by atoms with Crippen molar-refractivity contribution in [2.75, 3.05) is 20.3 Å². The smallest absolute Gasteiger partial charge is 0.0542 e. The maximum Gasteiger partial charge on any atom is 0.0542 e. The number of ether oxygens (including phenoxy) is 1. The van der Waals surface area contributed by atoms with Gasteiger partial charge in [0.15, 0.2) is 0 Å². The van der Waals surface area contributed by atoms with Gasteiger partial charge in [0.1, 0.15) is 0 Å². The molecule has 0 aliphatic carbocycles. The third kappa shape index (κ3) is 7.78. The van der Waals surface area contributed by atoms with Gasteiger partial charge in [0.2, 0.25) is 0 Å². The lowest BCUT2D eigenvalue weighted by Crippen LogP contribution is -2.08. The number of aliphatic hydroxyl groups excluding tert-OH is 2. The van der Waals surface area contributed by atoms with Crippen LogP contribution in [0.5, 0.6) is 0 Å². The van der Waals surface area contributed by atoms with Gasteiger partial charge in [0.05, 0.1) is 6.10 Å². The van der Waals surface area contributed by atoms with Crippen molar-refractivity contribution in [1.29, 1.82) is 0 Å². The molecule has 0 saturated heterocycles. The zero-order valence-electron chi connectivity index (χ0n) is 7.12. The van der Waals surface area contributed by atoms with Crippen LogP contribution in [0.2, 0.25) is 0 Å². The highest BCUT2D eigenvalue weighted by Crippen LogP contribution is 2.03. The molecule has 0 aromatic heterocycles. The molecule has 0 aliphatic heterocycles. The molecule has 0 heterocycles. The Balaban J connectivity index is 3.02. The first-order chi connectivity index (χ1) is 5.31. The van der Waals surface area contributed by atoms with E-state index in [1.165, 1.54) is 0 Å². The summed E-state index contributed by atoms with van der Waals surface area (Å²) in [5.74, 6) is 0. The molecule has 0 fully saturated rings. The van der Waals surface area contributed by atoms with Crippen LogP contribution in [0.15, 0.2) is 0 Å². The summed E-state index contributed by atoms with van der Waals surface area (Å²) in [5, 5.41) is 17.7. The molecule has 0 aromatic carbocycles. The minimum Gasteiger partial charge on any atom is -0.396 e. The summed E-state index contributed by atoms with van der Waals surface area (Å²) in [7, 11) is 1.65. The van der Waals surface area contributed by atoms with Crippen LogP contribution < -0.4 is 0 Å². The lowest BCUT2D eigenvalue weighted by molar-refractivity contribution is 0.120. The molecule has 0 aromatic rings. The van der Waals surface area contributed by atoms with Crippen LogP contribution in [-0.4, -0.2) is 36.6 Å². The van der Waals surface area contributed by atoms with Crippen molar-refractivity contribution in [3.05, 3.63) is 0 Å². The van der Waals surface area contributed by atoms with Crippen LogP contribution in [0, 0.1) is 0 Å². The molecular weight excluding hydrogens is 144 g/mol. The molecule has 1 unspecified atom stereocenters. The second kappa shape index (κ2) is 7.98. The summed E-state index contributed by atoms with van der Waals surface area (Å²) >= 11 is 0. The monoisotopic (exact) mass is 162 g/mol. The van der Waals surface area contributed by atoms with Crippen LogP contribution in [0.3, 0.4) is 0 Å². The zero-order valence-corrected chi connectivity index (χ0v) is 7.12. The first-order valence-corrected chi connectivity index (χ1v) is 4.09. The molecule has 11 heavy (non-hydrogen) atoms. The lowest BCUT2D eigenvalue weighted by atomic mass is 10.1. The van der Waals surface area contributed by atoms with E-state index in [0.29, 0.717) is 19.4 Å². The summed E-state index contributed by atoms with van der Waals surface area (Å²) in [6, 6.07) is 0. The molecule has 3 nitrogen and oxygen atoms in total. The van der Waals surface area contributed by atoms with E-state index in [1.54, 1.807) is 7.11 Å². The van der Waals surface area contributed by atoms with Gasteiger partial charge in [-0.05, 0) is 25.7 Å². The highest BCUT2D eigenvalue weighted by Gasteiger charge is 2.01. The molecule has 0 aliphatic rings. The maximum absolute atomic E-state index is 9.24. The van der Waals surface area contributed by atoms with Gasteiger partial charge in [0.25, 0.3) is 0 Å². The van der Waals surface area contributed by atoms with Gasteiger partial charge in [-0.2, -0.15) is 0 Å². The molecule has 0 amide bonds. The summed E-state index contributed by atoms with van der Waals surface area (Å²) < 4.78 is 4.84. The van der Waals surface area contributed by atoms with Gasteiger partial charge in [-0.1, -0.05) is 0 Å². The Morgan fingerprint density at radius 3 is 2.45 bits per heavy atom. The highest BCUT2D eigenvalue weighted by atomic mass is 16.5. The Labute approximate surface area is 68.0 Å². The van der Waals surface area contributed by atoms with Crippen molar-refractivity contribution < 1.29 is 14.9 Å². The highest BCUT2D eigenvalue weighted by molar-refractivity contribution is 4.54. The fraction of sp³-hybridized carbons (Fsp3) is 1.00. The van der Waals surface area contributed by atoms with Crippen LogP contribution in [-0.2, 0) is 4.74 Å². The van der Waals surface area contributed by atoms with E-state index in [1.807, 2.05) is 0 Å². The Hall–Kier alpha value is -0.120. The van der Waals surface area contributed by atoms with Gasteiger partial charge in [0, 0.05) is 20.3 Å². The molecule has 0 rings (SSSR count). The van der Waals surface area contributed by atoms with Gasteiger partial charge >= 0.3 is 0 Å². The Kier molecular flexibility index (Phi) is 7.89. The van der Waals surface area contributed by atoms with E-state index in [9.17, 15) is 5.11 Å². The maximum atomic E-state index is 9.24. The first-order valence-electron chi connectivity index (χ1n) is 4.09. The second-order valence-electron chi connectivity index (χ2n) is 2.65. The second-order valence-corrected chi connectivity index (χ2v) is 2.65. The minimum atomic E-state index is -0.266. The SMILES string of the molecule is COCCCC(O)CCCO. The zero-order chi connectivity index (χ0) is 8.53. The van der Waals surface area contributed by atoms with Crippen LogP contribution >= 0.6 is 0 Å². The molecule has 0 saturated carbocycles. The minimum absolute atomic E-state index is 0.168. The largest absolute Gasteiger partial charge is 0.396 e. The molecular formula is C8H18O3. The summed E-state index contributed by atoms with van der Waals surface area (Å²) in [6.45, 7) is 0.873. The van der Waals surface area contributed by atoms with Crippen LogP contribution in [0.25, 0.3) is 0 Å². The molecule has 0 radical (unpaired) electrons. The predicted octanol–water partition coefficient (Wildman–Crippen LogP) is 0.546.